The van der Waals surface area contributed by atoms with Crippen molar-refractivity contribution >= 4 is 12.0 Å². The molecule has 3 atom stereocenters. The predicted molar refractivity (Wildman–Crippen MR) is 80.7 cm³/mol. The van der Waals surface area contributed by atoms with Crippen LogP contribution in [0.5, 0.6) is 0 Å². The highest BCUT2D eigenvalue weighted by Crippen LogP contribution is 2.33. The Morgan fingerprint density at radius 1 is 1.33 bits per heavy atom. The molecular formula is C17H23NO3. The van der Waals surface area contributed by atoms with Gasteiger partial charge in [-0.1, -0.05) is 57.0 Å². The smallest absolute Gasteiger partial charge is 0.417 e. The maximum atomic E-state index is 12.4. The average Bonchev–Trinajstić information content (AvgIpc) is 2.75. The molecule has 21 heavy (non-hydrogen) atoms. The molecular weight excluding hydrogens is 266 g/mol. The highest BCUT2D eigenvalue weighted by molar-refractivity contribution is 5.93. The minimum Gasteiger partial charge on any atom is -0.439 e. The third-order valence-corrected chi connectivity index (χ3v) is 3.97. The molecule has 1 aromatic rings. The van der Waals surface area contributed by atoms with Crippen LogP contribution in [-0.4, -0.2) is 22.9 Å². The van der Waals surface area contributed by atoms with Crippen molar-refractivity contribution in [3.63, 3.8) is 0 Å². The lowest BCUT2D eigenvalue weighted by atomic mass is 10.00. The van der Waals surface area contributed by atoms with Crippen molar-refractivity contribution in [1.82, 2.24) is 4.90 Å². The van der Waals surface area contributed by atoms with Gasteiger partial charge in [-0.25, -0.2) is 9.69 Å². The Bertz CT molecular complexity index is 500. The van der Waals surface area contributed by atoms with Crippen molar-refractivity contribution in [2.24, 2.45) is 5.92 Å². The fourth-order valence-corrected chi connectivity index (χ4v) is 2.88. The minimum atomic E-state index is -0.523. The Morgan fingerprint density at radius 3 is 2.62 bits per heavy atom. The zero-order chi connectivity index (χ0) is 15.4. The first-order valence-corrected chi connectivity index (χ1v) is 7.62. The van der Waals surface area contributed by atoms with E-state index in [1.54, 1.807) is 0 Å². The number of cyclic esters (lactones) is 1. The number of hydrogen-bond donors (Lipinski definition) is 0. The molecule has 1 saturated heterocycles. The van der Waals surface area contributed by atoms with Gasteiger partial charge in [0.05, 0.1) is 6.04 Å². The predicted octanol–water partition coefficient (Wildman–Crippen LogP) is 3.92. The molecule has 0 aromatic heterocycles. The fourth-order valence-electron chi connectivity index (χ4n) is 2.88. The number of amides is 2. The third kappa shape index (κ3) is 3.43. The van der Waals surface area contributed by atoms with E-state index in [0.717, 1.165) is 18.4 Å². The monoisotopic (exact) mass is 289 g/mol. The van der Waals surface area contributed by atoms with Gasteiger partial charge < -0.3 is 4.74 Å². The maximum Gasteiger partial charge on any atom is 0.417 e. The number of ether oxygens (including phenoxy) is 1. The maximum absolute atomic E-state index is 12.4. The summed E-state index contributed by atoms with van der Waals surface area (Å²) < 4.78 is 5.40. The highest BCUT2D eigenvalue weighted by Gasteiger charge is 2.43. The van der Waals surface area contributed by atoms with Crippen molar-refractivity contribution in [3.8, 4) is 0 Å². The minimum absolute atomic E-state index is 0.133. The first-order valence-electron chi connectivity index (χ1n) is 7.62. The van der Waals surface area contributed by atoms with Crippen molar-refractivity contribution in [3.05, 3.63) is 35.9 Å². The van der Waals surface area contributed by atoms with Crippen molar-refractivity contribution < 1.29 is 14.3 Å². The number of benzene rings is 1. The van der Waals surface area contributed by atoms with Gasteiger partial charge in [0.2, 0.25) is 5.91 Å². The van der Waals surface area contributed by atoms with Crippen molar-refractivity contribution in [2.75, 3.05) is 0 Å². The van der Waals surface area contributed by atoms with E-state index in [4.69, 9.17) is 4.74 Å². The lowest BCUT2D eigenvalue weighted by molar-refractivity contribution is -0.130. The van der Waals surface area contributed by atoms with Crippen LogP contribution in [0.15, 0.2) is 30.3 Å². The third-order valence-electron chi connectivity index (χ3n) is 3.97. The SMILES string of the molecule is CCCC(C)CC(=O)N1C(=O)OC(c2ccccc2)C1C. The summed E-state index contributed by atoms with van der Waals surface area (Å²) in [5.74, 6) is 0.158. The Balaban J connectivity index is 2.08. The van der Waals surface area contributed by atoms with Crippen LogP contribution < -0.4 is 0 Å². The molecule has 114 valence electrons. The number of carbonyl (C=O) groups excluding carboxylic acids is 2. The summed E-state index contributed by atoms with van der Waals surface area (Å²) in [6.07, 6.45) is 1.54. The van der Waals surface area contributed by atoms with Crippen LogP contribution >= 0.6 is 0 Å². The Labute approximate surface area is 126 Å². The van der Waals surface area contributed by atoms with Gasteiger partial charge in [-0.2, -0.15) is 0 Å². The number of carbonyl (C=O) groups is 2. The van der Waals surface area contributed by atoms with Crippen LogP contribution in [0, 0.1) is 5.92 Å². The molecule has 1 fully saturated rings. The van der Waals surface area contributed by atoms with Crippen LogP contribution in [0.3, 0.4) is 0 Å². The van der Waals surface area contributed by atoms with E-state index in [0.29, 0.717) is 12.3 Å². The van der Waals surface area contributed by atoms with E-state index in [-0.39, 0.29) is 18.1 Å². The quantitative estimate of drug-likeness (QED) is 0.825. The van der Waals surface area contributed by atoms with E-state index in [1.807, 2.05) is 44.2 Å². The van der Waals surface area contributed by atoms with Crippen LogP contribution in [0.25, 0.3) is 0 Å². The molecule has 1 heterocycles. The van der Waals surface area contributed by atoms with E-state index in [9.17, 15) is 9.59 Å². The van der Waals surface area contributed by atoms with E-state index in [2.05, 4.69) is 6.92 Å². The molecule has 2 rings (SSSR count). The molecule has 0 saturated carbocycles. The average molecular weight is 289 g/mol. The Kier molecular flexibility index (Phi) is 4.99. The second kappa shape index (κ2) is 6.74. The number of nitrogens with zero attached hydrogens (tertiary/aromatic N) is 1. The molecule has 1 aromatic carbocycles. The molecule has 0 bridgehead atoms. The van der Waals surface area contributed by atoms with Gasteiger partial charge in [0.25, 0.3) is 0 Å². The normalized spacial score (nSPS) is 23.0. The van der Waals surface area contributed by atoms with Crippen LogP contribution in [0.4, 0.5) is 4.79 Å². The lowest BCUT2D eigenvalue weighted by Gasteiger charge is -2.20. The van der Waals surface area contributed by atoms with E-state index >= 15 is 0 Å². The van der Waals surface area contributed by atoms with Gasteiger partial charge >= 0.3 is 6.09 Å². The first-order chi connectivity index (χ1) is 10.0. The lowest BCUT2D eigenvalue weighted by Crippen LogP contribution is -2.38. The first kappa shape index (κ1) is 15.5. The zero-order valence-corrected chi connectivity index (χ0v) is 12.9. The van der Waals surface area contributed by atoms with Gasteiger partial charge in [-0.3, -0.25) is 4.79 Å². The summed E-state index contributed by atoms with van der Waals surface area (Å²) >= 11 is 0. The fraction of sp³-hybridized carbons (Fsp3) is 0.529. The zero-order valence-electron chi connectivity index (χ0n) is 12.9. The second-order valence-electron chi connectivity index (χ2n) is 5.82. The van der Waals surface area contributed by atoms with Gasteiger partial charge in [0, 0.05) is 6.42 Å². The van der Waals surface area contributed by atoms with Crippen molar-refractivity contribution in [1.29, 1.82) is 0 Å². The van der Waals surface area contributed by atoms with Gasteiger partial charge in [0.15, 0.2) is 0 Å². The number of imide groups is 1. The van der Waals surface area contributed by atoms with Gasteiger partial charge in [-0.05, 0) is 18.4 Å². The summed E-state index contributed by atoms with van der Waals surface area (Å²) in [6.45, 7) is 6.01. The van der Waals surface area contributed by atoms with E-state index < -0.39 is 6.09 Å². The molecule has 1 aliphatic rings. The van der Waals surface area contributed by atoms with E-state index in [1.165, 1.54) is 4.90 Å². The summed E-state index contributed by atoms with van der Waals surface area (Å²) in [7, 11) is 0. The molecule has 4 heteroatoms. The number of rotatable bonds is 5. The summed E-state index contributed by atoms with van der Waals surface area (Å²) in [5, 5.41) is 0. The van der Waals surface area contributed by atoms with Gasteiger partial charge in [-0.15, -0.1) is 0 Å². The molecule has 1 aliphatic heterocycles. The molecule has 0 N–H and O–H groups in total. The summed E-state index contributed by atoms with van der Waals surface area (Å²) in [6, 6.07) is 9.30. The molecule has 4 nitrogen and oxygen atoms in total. The van der Waals surface area contributed by atoms with Crippen LogP contribution in [-0.2, 0) is 9.53 Å². The van der Waals surface area contributed by atoms with Crippen LogP contribution in [0.1, 0.15) is 51.7 Å². The molecule has 2 amide bonds. The molecule has 0 spiro atoms. The summed E-state index contributed by atoms with van der Waals surface area (Å²) in [5.41, 5.74) is 0.926. The summed E-state index contributed by atoms with van der Waals surface area (Å²) in [4.78, 5) is 25.7. The number of hydrogen-bond acceptors (Lipinski definition) is 3. The molecule has 3 unspecified atom stereocenters. The van der Waals surface area contributed by atoms with Crippen molar-refractivity contribution in [2.45, 2.75) is 52.2 Å². The van der Waals surface area contributed by atoms with Gasteiger partial charge in [0.1, 0.15) is 6.10 Å². The standard InChI is InChI=1S/C17H23NO3/c1-4-8-12(2)11-15(19)18-13(3)16(21-17(18)20)14-9-6-5-7-10-14/h5-7,9-10,12-13,16H,4,8,11H2,1-3H3. The topological polar surface area (TPSA) is 46.6 Å². The Hall–Kier alpha value is -1.84. The molecule has 0 radical (unpaired) electrons. The largest absolute Gasteiger partial charge is 0.439 e. The van der Waals surface area contributed by atoms with Crippen LogP contribution in [0.2, 0.25) is 0 Å². The second-order valence-corrected chi connectivity index (χ2v) is 5.82. The Morgan fingerprint density at radius 2 is 2.00 bits per heavy atom. The molecule has 0 aliphatic carbocycles. The highest BCUT2D eigenvalue weighted by atomic mass is 16.6.